The molecule has 1 heterocycles. The highest BCUT2D eigenvalue weighted by atomic mass is 35.5. The van der Waals surface area contributed by atoms with Gasteiger partial charge in [0, 0.05) is 5.02 Å². The molecule has 0 unspecified atom stereocenters. The molecule has 0 fully saturated rings. The first-order valence-electron chi connectivity index (χ1n) is 6.64. The lowest BCUT2D eigenvalue weighted by Gasteiger charge is -2.14. The number of halogens is 2. The molecule has 0 bridgehead atoms. The van der Waals surface area contributed by atoms with Crippen LogP contribution >= 0.6 is 11.6 Å². The maximum Gasteiger partial charge on any atom is 0.296 e. The summed E-state index contributed by atoms with van der Waals surface area (Å²) in [5.74, 6) is 0.526. The molecule has 1 radical (unpaired) electrons. The van der Waals surface area contributed by atoms with Gasteiger partial charge in [0.2, 0.25) is 0 Å². The summed E-state index contributed by atoms with van der Waals surface area (Å²) in [7, 11) is 1.54. The number of rotatable bonds is 5. The fourth-order valence-corrected chi connectivity index (χ4v) is 2.36. The fraction of sp³-hybridized carbons (Fsp3) is 0.188. The average molecular weight is 320 g/mol. The number of hydrogen-bond acceptors (Lipinski definition) is 4. The van der Waals surface area contributed by atoms with Crippen molar-refractivity contribution in [1.82, 2.24) is 4.98 Å². The Kier molecular flexibility index (Phi) is 4.15. The molecule has 3 rings (SSSR count). The van der Waals surface area contributed by atoms with Crippen LogP contribution in [0.15, 0.2) is 40.8 Å². The number of ether oxygens (including phenoxy) is 1. The van der Waals surface area contributed by atoms with Crippen LogP contribution in [0.1, 0.15) is 11.6 Å². The summed E-state index contributed by atoms with van der Waals surface area (Å²) in [6.07, 6.45) is 0. The third kappa shape index (κ3) is 2.85. The van der Waals surface area contributed by atoms with Crippen molar-refractivity contribution in [2.45, 2.75) is 6.04 Å². The number of aromatic nitrogens is 1. The van der Waals surface area contributed by atoms with E-state index in [4.69, 9.17) is 20.8 Å². The molecule has 0 spiro atoms. The lowest BCUT2D eigenvalue weighted by atomic mass is 10.1. The minimum Gasteiger partial charge on any atom is -0.493 e. The highest BCUT2D eigenvalue weighted by molar-refractivity contribution is 6.30. The fourth-order valence-electron chi connectivity index (χ4n) is 2.16. The predicted molar refractivity (Wildman–Crippen MR) is 83.2 cm³/mol. The van der Waals surface area contributed by atoms with Crippen LogP contribution in [0.25, 0.3) is 11.1 Å². The van der Waals surface area contributed by atoms with Crippen LogP contribution < -0.4 is 10.1 Å². The standard InChI is InChI=1S/C16H13ClFN2O2/c1-21-14-7-3-6-12-15(14)22-16(19-12)20-13(9-18)10-4-2-5-11(17)8-10/h2,4-8,13H,9H2,1H3,(H,19,20)/t13-/m1/s1. The predicted octanol–water partition coefficient (Wildman–Crippen LogP) is 4.41. The van der Waals surface area contributed by atoms with Gasteiger partial charge in [-0.1, -0.05) is 23.7 Å². The molecule has 113 valence electrons. The van der Waals surface area contributed by atoms with E-state index in [1.165, 1.54) is 7.11 Å². The number of hydrogen-bond donors (Lipinski definition) is 1. The number of benzene rings is 2. The number of nitrogens with one attached hydrogen (secondary N) is 1. The van der Waals surface area contributed by atoms with Crippen molar-refractivity contribution in [2.24, 2.45) is 0 Å². The molecular weight excluding hydrogens is 307 g/mol. The Morgan fingerprint density at radius 2 is 2.32 bits per heavy atom. The Morgan fingerprint density at radius 3 is 3.05 bits per heavy atom. The number of anilines is 1. The van der Waals surface area contributed by atoms with Gasteiger partial charge in [-0.05, 0) is 35.9 Å². The third-order valence-electron chi connectivity index (χ3n) is 3.23. The zero-order valence-electron chi connectivity index (χ0n) is 11.8. The number of nitrogens with zero attached hydrogens (tertiary/aromatic N) is 1. The van der Waals surface area contributed by atoms with Crippen LogP contribution in [-0.4, -0.2) is 18.8 Å². The minimum atomic E-state index is -0.623. The van der Waals surface area contributed by atoms with E-state index in [1.54, 1.807) is 36.4 Å². The van der Waals surface area contributed by atoms with Gasteiger partial charge in [-0.15, -0.1) is 0 Å². The monoisotopic (exact) mass is 319 g/mol. The summed E-state index contributed by atoms with van der Waals surface area (Å²) in [5, 5.41) is 3.48. The van der Waals surface area contributed by atoms with E-state index in [0.29, 0.717) is 21.9 Å². The molecule has 6 heteroatoms. The maximum absolute atomic E-state index is 13.4. The van der Waals surface area contributed by atoms with Crippen molar-refractivity contribution < 1.29 is 13.5 Å². The average Bonchev–Trinajstić information content (AvgIpc) is 2.95. The van der Waals surface area contributed by atoms with Crippen LogP contribution in [0.4, 0.5) is 10.4 Å². The largest absolute Gasteiger partial charge is 0.493 e. The molecular formula is C16H13ClFN2O2. The Labute approximate surface area is 131 Å². The van der Waals surface area contributed by atoms with Gasteiger partial charge in [0.05, 0.1) is 13.2 Å². The lowest BCUT2D eigenvalue weighted by molar-refractivity contribution is 0.409. The van der Waals surface area contributed by atoms with E-state index in [1.807, 2.05) is 0 Å². The Balaban J connectivity index is 1.91. The van der Waals surface area contributed by atoms with Gasteiger partial charge in [0.25, 0.3) is 6.01 Å². The van der Waals surface area contributed by atoms with Gasteiger partial charge in [0.15, 0.2) is 11.3 Å². The van der Waals surface area contributed by atoms with Gasteiger partial charge in [-0.25, -0.2) is 4.39 Å². The molecule has 0 amide bonds. The van der Waals surface area contributed by atoms with Crippen LogP contribution in [0.5, 0.6) is 5.75 Å². The molecule has 2 aromatic carbocycles. The van der Waals surface area contributed by atoms with Crippen LogP contribution in [0, 0.1) is 6.07 Å². The number of fused-ring (bicyclic) bond motifs is 1. The first-order chi connectivity index (χ1) is 10.7. The van der Waals surface area contributed by atoms with E-state index < -0.39 is 12.7 Å². The summed E-state index contributed by atoms with van der Waals surface area (Å²) in [6, 6.07) is 12.9. The Hall–Kier alpha value is -2.27. The van der Waals surface area contributed by atoms with E-state index in [9.17, 15) is 4.39 Å². The third-order valence-corrected chi connectivity index (χ3v) is 3.47. The van der Waals surface area contributed by atoms with Crippen LogP contribution in [-0.2, 0) is 0 Å². The molecule has 22 heavy (non-hydrogen) atoms. The first-order valence-corrected chi connectivity index (χ1v) is 7.01. The Bertz CT molecular complexity index is 791. The summed E-state index contributed by atoms with van der Waals surface area (Å²) >= 11 is 5.94. The highest BCUT2D eigenvalue weighted by Crippen LogP contribution is 2.30. The topological polar surface area (TPSA) is 47.3 Å². The normalized spacial score (nSPS) is 12.3. The van der Waals surface area contributed by atoms with E-state index in [2.05, 4.69) is 16.4 Å². The van der Waals surface area contributed by atoms with Crippen molar-refractivity contribution in [2.75, 3.05) is 19.1 Å². The van der Waals surface area contributed by atoms with Gasteiger partial charge < -0.3 is 14.5 Å². The molecule has 0 aliphatic carbocycles. The molecule has 4 nitrogen and oxygen atoms in total. The smallest absolute Gasteiger partial charge is 0.296 e. The molecule has 3 aromatic rings. The first kappa shape index (κ1) is 14.7. The van der Waals surface area contributed by atoms with Crippen molar-refractivity contribution in [3.8, 4) is 5.75 Å². The molecule has 0 aliphatic heterocycles. The second-order valence-corrected chi connectivity index (χ2v) is 5.10. The quantitative estimate of drug-likeness (QED) is 0.756. The molecule has 1 atom stereocenters. The number of methoxy groups -OCH3 is 1. The van der Waals surface area contributed by atoms with E-state index in [0.717, 1.165) is 5.56 Å². The molecule has 1 N–H and O–H groups in total. The van der Waals surface area contributed by atoms with E-state index >= 15 is 0 Å². The minimum absolute atomic E-state index is 0.218. The van der Waals surface area contributed by atoms with Crippen LogP contribution in [0.2, 0.25) is 5.02 Å². The van der Waals surface area contributed by atoms with Gasteiger partial charge in [-0.2, -0.15) is 4.98 Å². The van der Waals surface area contributed by atoms with Crippen molar-refractivity contribution in [3.63, 3.8) is 0 Å². The van der Waals surface area contributed by atoms with Crippen molar-refractivity contribution in [1.29, 1.82) is 0 Å². The lowest BCUT2D eigenvalue weighted by Crippen LogP contribution is -2.12. The van der Waals surface area contributed by atoms with Crippen molar-refractivity contribution in [3.05, 3.63) is 53.1 Å². The Morgan fingerprint density at radius 1 is 1.45 bits per heavy atom. The molecule has 0 aliphatic rings. The van der Waals surface area contributed by atoms with Crippen molar-refractivity contribution >= 4 is 28.7 Å². The summed E-state index contributed by atoms with van der Waals surface area (Å²) < 4.78 is 24.2. The van der Waals surface area contributed by atoms with Gasteiger partial charge >= 0.3 is 0 Å². The van der Waals surface area contributed by atoms with Gasteiger partial charge in [0.1, 0.15) is 12.2 Å². The maximum atomic E-state index is 13.4. The van der Waals surface area contributed by atoms with Crippen LogP contribution in [0.3, 0.4) is 0 Å². The SMILES string of the molecule is COc1c[c]cc2nc(N[C@H](CF)c3cccc(Cl)c3)oc12. The summed E-state index contributed by atoms with van der Waals surface area (Å²) in [6.45, 7) is -0.623. The second-order valence-electron chi connectivity index (χ2n) is 4.66. The number of alkyl halides is 1. The summed E-state index contributed by atoms with van der Waals surface area (Å²) in [4.78, 5) is 4.27. The molecule has 0 saturated heterocycles. The summed E-state index contributed by atoms with van der Waals surface area (Å²) in [5.41, 5.74) is 1.80. The molecule has 0 saturated carbocycles. The van der Waals surface area contributed by atoms with E-state index in [-0.39, 0.29) is 6.01 Å². The highest BCUT2D eigenvalue weighted by Gasteiger charge is 2.16. The second kappa shape index (κ2) is 6.23. The zero-order valence-corrected chi connectivity index (χ0v) is 12.5. The number of oxazole rings is 1. The molecule has 1 aromatic heterocycles. The zero-order chi connectivity index (χ0) is 15.5. The van der Waals surface area contributed by atoms with Gasteiger partial charge in [-0.3, -0.25) is 0 Å².